The number of hydrogen-bond donors (Lipinski definition) is 1. The fraction of sp³-hybridized carbons (Fsp3) is 0.320. The third-order valence-corrected chi connectivity index (χ3v) is 8.32. The molecular weight excluding hydrogens is 527 g/mol. The fourth-order valence-electron chi connectivity index (χ4n) is 3.66. The highest BCUT2D eigenvalue weighted by Gasteiger charge is 2.46. The van der Waals surface area contributed by atoms with Gasteiger partial charge in [0.05, 0.1) is 0 Å². The number of carbonyl (C=O) groups excluding carboxylic acids is 2. The first-order valence-electron chi connectivity index (χ1n) is 11.2. The molecule has 13 heteroatoms. The summed E-state index contributed by atoms with van der Waals surface area (Å²) in [5.41, 5.74) is 3.69. The smallest absolute Gasteiger partial charge is 0.378 e. The summed E-state index contributed by atoms with van der Waals surface area (Å²) in [4.78, 5) is 42.1. The van der Waals surface area contributed by atoms with Crippen LogP contribution in [0.4, 0.5) is 18.9 Å². The minimum atomic E-state index is -5.39. The summed E-state index contributed by atoms with van der Waals surface area (Å²) < 4.78 is 60.7. The molecule has 0 spiro atoms. The van der Waals surface area contributed by atoms with Crippen molar-refractivity contribution in [2.75, 3.05) is 25.3 Å². The predicted octanol–water partition coefficient (Wildman–Crippen LogP) is 3.06. The molecule has 0 radical (unpaired) electrons. The van der Waals surface area contributed by atoms with Crippen LogP contribution >= 0.6 is 0 Å². The van der Waals surface area contributed by atoms with Gasteiger partial charge >= 0.3 is 12.1 Å². The Kier molecular flexibility index (Phi) is 7.91. The average molecular weight is 554 g/mol. The van der Waals surface area contributed by atoms with E-state index in [1.54, 1.807) is 18.2 Å². The molecule has 0 unspecified atom stereocenters. The van der Waals surface area contributed by atoms with E-state index >= 15 is 0 Å². The number of rotatable bonds is 7. The summed E-state index contributed by atoms with van der Waals surface area (Å²) in [5.74, 6) is -4.18. The van der Waals surface area contributed by atoms with Gasteiger partial charge in [0.2, 0.25) is 0 Å². The Balaban J connectivity index is 1.84. The summed E-state index contributed by atoms with van der Waals surface area (Å²) in [7, 11) is -0.352. The monoisotopic (exact) mass is 553 g/mol. The van der Waals surface area contributed by atoms with E-state index in [1.165, 1.54) is 16.2 Å². The summed E-state index contributed by atoms with van der Waals surface area (Å²) in [6.07, 6.45) is -3.71. The molecule has 0 saturated heterocycles. The highest BCUT2D eigenvalue weighted by atomic mass is 32.2. The summed E-state index contributed by atoms with van der Waals surface area (Å²) in [5, 5.41) is 0.994. The standard InChI is InChI=1S/C25H26F3N3O6S/c1-24(38(4,35)36,22(33)29-37-23(34)25(26,27)28)12-14-31-13-11-18-15-17(7-10-20(18)21(31)32)16-5-8-19(9-6-16)30(2)3/h5-11,13,15H,12,14H2,1-4H3,(H,29,33)/t24-/m1/s1. The van der Waals surface area contributed by atoms with Crippen LogP contribution < -0.4 is 15.9 Å². The van der Waals surface area contributed by atoms with Crippen molar-refractivity contribution in [2.45, 2.75) is 30.8 Å². The topological polar surface area (TPSA) is 115 Å². The summed E-state index contributed by atoms with van der Waals surface area (Å²) in [6.45, 7) is 0.714. The SMILES string of the molecule is CN(C)c1ccc(-c2ccc3c(=O)n(CC[C@](C)(C(=O)NOC(=O)C(F)(F)F)S(C)(=O)=O)ccc3c2)cc1. The average Bonchev–Trinajstić information content (AvgIpc) is 2.85. The Morgan fingerprint density at radius 1 is 1.03 bits per heavy atom. The van der Waals surface area contributed by atoms with Crippen LogP contribution in [0.1, 0.15) is 13.3 Å². The predicted molar refractivity (Wildman–Crippen MR) is 136 cm³/mol. The van der Waals surface area contributed by atoms with Gasteiger partial charge in [0.25, 0.3) is 11.5 Å². The fourth-order valence-corrected chi connectivity index (χ4v) is 4.50. The molecule has 0 fully saturated rings. The molecule has 1 aromatic heterocycles. The van der Waals surface area contributed by atoms with E-state index < -0.39 is 44.6 Å². The molecule has 204 valence electrons. The molecule has 3 rings (SSSR count). The number of anilines is 1. The van der Waals surface area contributed by atoms with Gasteiger partial charge in [-0.15, -0.1) is 0 Å². The first kappa shape index (κ1) is 28.7. The van der Waals surface area contributed by atoms with Gasteiger partial charge in [-0.05, 0) is 60.2 Å². The maximum Gasteiger partial charge on any atom is 0.493 e. The number of aryl methyl sites for hydroxylation is 1. The zero-order valence-corrected chi connectivity index (χ0v) is 21.8. The Morgan fingerprint density at radius 3 is 2.18 bits per heavy atom. The number of hydroxylamine groups is 1. The van der Waals surface area contributed by atoms with Crippen LogP contribution in [0.15, 0.2) is 59.5 Å². The van der Waals surface area contributed by atoms with Crippen molar-refractivity contribution < 1.29 is 36.0 Å². The molecule has 1 atom stereocenters. The summed E-state index contributed by atoms with van der Waals surface area (Å²) >= 11 is 0. The van der Waals surface area contributed by atoms with Gasteiger partial charge in [-0.1, -0.05) is 18.2 Å². The molecule has 2 aromatic carbocycles. The second-order valence-corrected chi connectivity index (χ2v) is 11.6. The molecule has 0 bridgehead atoms. The number of carbonyl (C=O) groups is 2. The van der Waals surface area contributed by atoms with Gasteiger partial charge in [0.15, 0.2) is 14.6 Å². The van der Waals surface area contributed by atoms with Gasteiger partial charge in [-0.3, -0.25) is 9.59 Å². The van der Waals surface area contributed by atoms with Gasteiger partial charge in [-0.25, -0.2) is 13.2 Å². The van der Waals surface area contributed by atoms with Gasteiger partial charge in [0.1, 0.15) is 0 Å². The zero-order chi connectivity index (χ0) is 28.5. The minimum Gasteiger partial charge on any atom is -0.378 e. The van der Waals surface area contributed by atoms with E-state index in [2.05, 4.69) is 4.84 Å². The molecule has 1 amide bonds. The molecule has 9 nitrogen and oxygen atoms in total. The van der Waals surface area contributed by atoms with Crippen LogP contribution in [0.25, 0.3) is 21.9 Å². The normalized spacial score (nSPS) is 13.6. The van der Waals surface area contributed by atoms with E-state index in [-0.39, 0.29) is 6.54 Å². The third kappa shape index (κ3) is 5.98. The van der Waals surface area contributed by atoms with Crippen LogP contribution in [0.5, 0.6) is 0 Å². The van der Waals surface area contributed by atoms with Crippen LogP contribution in [-0.4, -0.2) is 56.1 Å². The number of benzene rings is 2. The second-order valence-electron chi connectivity index (χ2n) is 9.13. The number of halogens is 3. The van der Waals surface area contributed by atoms with Crippen molar-refractivity contribution in [3.05, 3.63) is 65.1 Å². The number of aromatic nitrogens is 1. The zero-order valence-electron chi connectivity index (χ0n) is 21.0. The molecule has 1 heterocycles. The van der Waals surface area contributed by atoms with Crippen LogP contribution in [0, 0.1) is 0 Å². The minimum absolute atomic E-state index is 0.257. The quantitative estimate of drug-likeness (QED) is 0.447. The van der Waals surface area contributed by atoms with Crippen molar-refractivity contribution in [2.24, 2.45) is 0 Å². The van der Waals surface area contributed by atoms with Crippen molar-refractivity contribution in [3.8, 4) is 11.1 Å². The number of fused-ring (bicyclic) bond motifs is 1. The number of nitrogens with one attached hydrogen (secondary N) is 1. The third-order valence-electron chi connectivity index (χ3n) is 6.29. The molecule has 1 N–H and O–H groups in total. The van der Waals surface area contributed by atoms with E-state index in [1.807, 2.05) is 49.3 Å². The molecule has 0 saturated carbocycles. The van der Waals surface area contributed by atoms with E-state index in [0.717, 1.165) is 23.7 Å². The van der Waals surface area contributed by atoms with Crippen molar-refractivity contribution >= 4 is 38.2 Å². The van der Waals surface area contributed by atoms with Crippen LogP contribution in [0.2, 0.25) is 0 Å². The highest BCUT2D eigenvalue weighted by Crippen LogP contribution is 2.26. The number of nitrogens with zero attached hydrogens (tertiary/aromatic N) is 2. The van der Waals surface area contributed by atoms with E-state index in [9.17, 15) is 36.0 Å². The van der Waals surface area contributed by atoms with E-state index in [0.29, 0.717) is 17.0 Å². The van der Waals surface area contributed by atoms with Crippen LogP contribution in [-0.2, 0) is 30.8 Å². The van der Waals surface area contributed by atoms with Crippen molar-refractivity contribution in [3.63, 3.8) is 0 Å². The lowest BCUT2D eigenvalue weighted by atomic mass is 10.0. The first-order valence-corrected chi connectivity index (χ1v) is 13.1. The Bertz CT molecular complexity index is 1530. The number of hydrogen-bond acceptors (Lipinski definition) is 7. The second kappa shape index (κ2) is 10.5. The highest BCUT2D eigenvalue weighted by molar-refractivity contribution is 7.92. The van der Waals surface area contributed by atoms with Gasteiger partial charge in [0, 0.05) is 44.2 Å². The lowest BCUT2D eigenvalue weighted by Gasteiger charge is -2.26. The molecule has 0 aliphatic heterocycles. The number of sulfone groups is 1. The van der Waals surface area contributed by atoms with Crippen molar-refractivity contribution in [1.82, 2.24) is 10.0 Å². The number of alkyl halides is 3. The number of pyridine rings is 1. The maximum absolute atomic E-state index is 13.1. The summed E-state index contributed by atoms with van der Waals surface area (Å²) in [6, 6.07) is 14.8. The lowest BCUT2D eigenvalue weighted by Crippen LogP contribution is -2.51. The maximum atomic E-state index is 13.1. The van der Waals surface area contributed by atoms with Gasteiger partial charge < -0.3 is 14.3 Å². The molecule has 3 aromatic rings. The lowest BCUT2D eigenvalue weighted by molar-refractivity contribution is -0.207. The Hall–Kier alpha value is -3.87. The Labute approximate surface area is 216 Å². The molecule has 0 aliphatic carbocycles. The first-order chi connectivity index (χ1) is 17.5. The van der Waals surface area contributed by atoms with Crippen LogP contribution in [0.3, 0.4) is 0 Å². The van der Waals surface area contributed by atoms with Gasteiger partial charge in [-0.2, -0.15) is 18.7 Å². The van der Waals surface area contributed by atoms with E-state index in [4.69, 9.17) is 0 Å². The molecule has 0 aliphatic rings. The Morgan fingerprint density at radius 2 is 1.63 bits per heavy atom. The number of amides is 1. The largest absolute Gasteiger partial charge is 0.493 e. The molecule has 38 heavy (non-hydrogen) atoms. The van der Waals surface area contributed by atoms with Crippen molar-refractivity contribution in [1.29, 1.82) is 0 Å². The molecular formula is C25H26F3N3O6S.